The lowest BCUT2D eigenvalue weighted by Crippen LogP contribution is -2.23. The molecule has 0 aliphatic heterocycles. The molecule has 31 heavy (non-hydrogen) atoms. The quantitative estimate of drug-likeness (QED) is 0.351. The zero-order valence-corrected chi connectivity index (χ0v) is 18.9. The Hall–Kier alpha value is -2.52. The first kappa shape index (κ1) is 24.7. The maximum Gasteiger partial charge on any atom is 0.322 e. The molecular weight excluding hydrogens is 420 g/mol. The fourth-order valence-electron chi connectivity index (χ4n) is 3.40. The Kier molecular flexibility index (Phi) is 8.52. The largest absolute Gasteiger partial charge is 0.391 e. The van der Waals surface area contributed by atoms with E-state index >= 15 is 0 Å². The minimum atomic E-state index is -3.38. The number of pyridine rings is 1. The molecule has 0 bridgehead atoms. The normalized spacial score (nSPS) is 14.2. The molecule has 0 amide bonds. The van der Waals surface area contributed by atoms with Crippen LogP contribution in [-0.2, 0) is 14.1 Å². The summed E-state index contributed by atoms with van der Waals surface area (Å²) in [6, 6.07) is 7.49. The number of benzene rings is 1. The van der Waals surface area contributed by atoms with Gasteiger partial charge in [0.15, 0.2) is 8.03 Å². The van der Waals surface area contributed by atoms with Gasteiger partial charge in [-0.1, -0.05) is 46.3 Å². The molecule has 2 rings (SSSR count). The summed E-state index contributed by atoms with van der Waals surface area (Å²) in [6.45, 7) is 7.71. The smallest absolute Gasteiger partial charge is 0.322 e. The Morgan fingerprint density at radius 1 is 1.23 bits per heavy atom. The molecule has 166 valence electrons. The van der Waals surface area contributed by atoms with Gasteiger partial charge < -0.3 is 14.7 Å². The van der Waals surface area contributed by atoms with Crippen LogP contribution >= 0.6 is 8.03 Å². The minimum absolute atomic E-state index is 0.0610. The van der Waals surface area contributed by atoms with Crippen LogP contribution in [0.4, 0.5) is 4.39 Å². The van der Waals surface area contributed by atoms with Crippen LogP contribution in [0, 0.1) is 18.3 Å². The number of carbonyl (C=O) groups is 1. The predicted octanol–water partition coefficient (Wildman–Crippen LogP) is 4.53. The Balaban J connectivity index is 2.79. The lowest BCUT2D eigenvalue weighted by molar-refractivity contribution is -0.139. The van der Waals surface area contributed by atoms with E-state index in [0.29, 0.717) is 22.4 Å². The van der Waals surface area contributed by atoms with E-state index in [1.165, 1.54) is 12.1 Å². The van der Waals surface area contributed by atoms with Crippen LogP contribution in [0.1, 0.15) is 68.6 Å². The molecular formula is C23H27FNO5P. The van der Waals surface area contributed by atoms with Gasteiger partial charge in [-0.05, 0) is 46.7 Å². The molecule has 0 saturated heterocycles. The first-order valence-corrected chi connectivity index (χ1v) is 11.4. The van der Waals surface area contributed by atoms with Gasteiger partial charge in [0, 0.05) is 11.4 Å². The highest BCUT2D eigenvalue weighted by molar-refractivity contribution is 7.38. The molecule has 1 aromatic carbocycles. The lowest BCUT2D eigenvalue weighted by atomic mass is 9.88. The van der Waals surface area contributed by atoms with E-state index in [0.717, 1.165) is 5.69 Å². The van der Waals surface area contributed by atoms with Crippen molar-refractivity contribution in [2.24, 2.45) is 0 Å². The summed E-state index contributed by atoms with van der Waals surface area (Å²) < 4.78 is 30.4. The summed E-state index contributed by atoms with van der Waals surface area (Å²) in [4.78, 5) is 26.7. The number of halogens is 1. The van der Waals surface area contributed by atoms with Gasteiger partial charge in [-0.2, -0.15) is 0 Å². The molecule has 1 heterocycles. The topological polar surface area (TPSA) is 96.7 Å². The van der Waals surface area contributed by atoms with Crippen LogP contribution in [0.25, 0.3) is 11.1 Å². The molecule has 1 aromatic heterocycles. The fraction of sp³-hybridized carbons (Fsp3) is 0.391. The zero-order chi connectivity index (χ0) is 23.3. The second-order valence-corrected chi connectivity index (χ2v) is 9.19. The number of nitrogens with zero attached hydrogens (tertiary/aromatic N) is 1. The lowest BCUT2D eigenvalue weighted by Gasteiger charge is -2.27. The van der Waals surface area contributed by atoms with Crippen LogP contribution in [0.15, 0.2) is 30.3 Å². The van der Waals surface area contributed by atoms with Crippen LogP contribution in [0.2, 0.25) is 0 Å². The van der Waals surface area contributed by atoms with Crippen molar-refractivity contribution in [2.45, 2.75) is 57.7 Å². The standard InChI is InChI=1S/C23H27FNO5P/c1-6-30-20(27)12-19(26)23(31(28)29)21-17(15-7-9-16(24)10-8-15)11-18(13(2)3)25-22(21)14(4)5/h1,7-11,13-14,19,23,26,31H,12H2,2-5H3,(H,28,29). The van der Waals surface area contributed by atoms with Gasteiger partial charge in [0.05, 0.1) is 18.2 Å². The van der Waals surface area contributed by atoms with E-state index < -0.39 is 38.0 Å². The molecule has 0 saturated carbocycles. The Morgan fingerprint density at radius 2 is 1.84 bits per heavy atom. The van der Waals surface area contributed by atoms with Crippen molar-refractivity contribution in [1.82, 2.24) is 4.98 Å². The van der Waals surface area contributed by atoms with E-state index in [1.54, 1.807) is 24.3 Å². The van der Waals surface area contributed by atoms with Gasteiger partial charge in [-0.15, -0.1) is 0 Å². The molecule has 2 aromatic rings. The van der Waals surface area contributed by atoms with E-state index in [4.69, 9.17) is 11.4 Å². The molecule has 2 N–H and O–H groups in total. The van der Waals surface area contributed by atoms with Gasteiger partial charge in [0.2, 0.25) is 0 Å². The molecule has 0 aliphatic carbocycles. The monoisotopic (exact) mass is 447 g/mol. The highest BCUT2D eigenvalue weighted by Crippen LogP contribution is 2.48. The summed E-state index contributed by atoms with van der Waals surface area (Å²) in [5, 5.41) is 10.7. The third kappa shape index (κ3) is 6.01. The number of carbonyl (C=O) groups excluding carboxylic acids is 1. The van der Waals surface area contributed by atoms with E-state index in [2.05, 4.69) is 4.74 Å². The van der Waals surface area contributed by atoms with Crippen molar-refractivity contribution < 1.29 is 28.5 Å². The maximum absolute atomic E-state index is 13.5. The maximum atomic E-state index is 13.5. The van der Waals surface area contributed by atoms with Gasteiger partial charge in [0.1, 0.15) is 11.9 Å². The van der Waals surface area contributed by atoms with E-state index in [1.807, 2.05) is 27.7 Å². The third-order valence-corrected chi connectivity index (χ3v) is 6.12. The number of esters is 1. The highest BCUT2D eigenvalue weighted by atomic mass is 31.1. The number of hydrogen-bond donors (Lipinski definition) is 2. The SMILES string of the molecule is C#COC(=O)CC(O)C(c1c(-c2ccc(F)cc2)cc(C(C)C)nc1C(C)C)[PH](=O)O. The summed E-state index contributed by atoms with van der Waals surface area (Å²) in [7, 11) is -3.38. The second-order valence-electron chi connectivity index (χ2n) is 7.89. The Labute approximate surface area is 182 Å². The summed E-state index contributed by atoms with van der Waals surface area (Å²) in [5.41, 5.74) is 1.52. The molecule has 3 unspecified atom stereocenters. The van der Waals surface area contributed by atoms with Gasteiger partial charge >= 0.3 is 5.97 Å². The number of ether oxygens (including phenoxy) is 1. The number of terminal acetylenes is 1. The highest BCUT2D eigenvalue weighted by Gasteiger charge is 2.34. The number of aromatic nitrogens is 1. The first-order chi connectivity index (χ1) is 14.6. The van der Waals surface area contributed by atoms with E-state index in [-0.39, 0.29) is 11.8 Å². The van der Waals surface area contributed by atoms with Crippen molar-refractivity contribution in [1.29, 1.82) is 0 Å². The van der Waals surface area contributed by atoms with Crippen molar-refractivity contribution >= 4 is 14.0 Å². The van der Waals surface area contributed by atoms with Gasteiger partial charge in [-0.25, -0.2) is 4.39 Å². The first-order valence-electron chi connectivity index (χ1n) is 9.93. The van der Waals surface area contributed by atoms with Crippen LogP contribution in [0.5, 0.6) is 0 Å². The van der Waals surface area contributed by atoms with Gasteiger partial charge in [-0.3, -0.25) is 14.3 Å². The van der Waals surface area contributed by atoms with Crippen molar-refractivity contribution in [3.05, 3.63) is 53.1 Å². The molecule has 8 heteroatoms. The summed E-state index contributed by atoms with van der Waals surface area (Å²) in [5.74, 6) is -1.39. The van der Waals surface area contributed by atoms with Crippen LogP contribution in [-0.4, -0.2) is 27.1 Å². The second kappa shape index (κ2) is 10.7. The molecule has 0 spiro atoms. The number of hydrogen-bond acceptors (Lipinski definition) is 5. The van der Waals surface area contributed by atoms with Crippen molar-refractivity contribution in [2.75, 3.05) is 0 Å². The third-order valence-electron chi connectivity index (χ3n) is 4.91. The van der Waals surface area contributed by atoms with Gasteiger partial charge in [0.25, 0.3) is 0 Å². The average Bonchev–Trinajstić information content (AvgIpc) is 2.68. The Bertz CT molecular complexity index is 998. The summed E-state index contributed by atoms with van der Waals surface area (Å²) >= 11 is 0. The fourth-order valence-corrected chi connectivity index (χ4v) is 4.40. The average molecular weight is 447 g/mol. The molecule has 0 fully saturated rings. The summed E-state index contributed by atoms with van der Waals surface area (Å²) in [6.07, 6.45) is 4.60. The molecule has 6 nitrogen and oxygen atoms in total. The van der Waals surface area contributed by atoms with E-state index in [9.17, 15) is 23.7 Å². The predicted molar refractivity (Wildman–Crippen MR) is 117 cm³/mol. The minimum Gasteiger partial charge on any atom is -0.391 e. The zero-order valence-electron chi connectivity index (χ0n) is 17.9. The molecule has 0 radical (unpaired) electrons. The van der Waals surface area contributed by atoms with Crippen molar-refractivity contribution in [3.63, 3.8) is 0 Å². The number of rotatable bonds is 8. The molecule has 3 atom stereocenters. The van der Waals surface area contributed by atoms with Crippen LogP contribution in [0.3, 0.4) is 0 Å². The molecule has 0 aliphatic rings. The van der Waals surface area contributed by atoms with Crippen molar-refractivity contribution in [3.8, 4) is 23.7 Å². The number of aliphatic hydroxyl groups excluding tert-OH is 1. The van der Waals surface area contributed by atoms with Crippen LogP contribution < -0.4 is 0 Å². The number of aliphatic hydroxyl groups is 1. The Morgan fingerprint density at radius 3 is 2.32 bits per heavy atom.